The zero-order valence-corrected chi connectivity index (χ0v) is 34.1. The minimum Gasteiger partial charge on any atom is -0.464 e. The van der Waals surface area contributed by atoms with Crippen molar-refractivity contribution in [2.75, 3.05) is 39.6 Å². The molecule has 2 unspecified atom stereocenters. The van der Waals surface area contributed by atoms with Crippen molar-refractivity contribution in [2.45, 2.75) is 97.5 Å². The van der Waals surface area contributed by atoms with Gasteiger partial charge >= 0.3 is 5.97 Å². The zero-order valence-electron chi connectivity index (χ0n) is 33.3. The van der Waals surface area contributed by atoms with Gasteiger partial charge in [-0.25, -0.2) is 5.43 Å². The summed E-state index contributed by atoms with van der Waals surface area (Å²) in [6, 6.07) is 9.26. The number of carbonyl (C=O) groups excluding carboxylic acids is 3. The van der Waals surface area contributed by atoms with Gasteiger partial charge in [0.15, 0.2) is 0 Å². The molecule has 6 bridgehead atoms. The maximum Gasteiger partial charge on any atom is 0.324 e. The molecule has 1 aliphatic carbocycles. The number of methoxy groups -OCH3 is 1. The Labute approximate surface area is 328 Å². The molecule has 7 atom stereocenters. The molecule has 2 fully saturated rings. The molecule has 1 aromatic carbocycles. The van der Waals surface area contributed by atoms with E-state index in [9.17, 15) is 14.4 Å². The minimum absolute atomic E-state index is 0.0967. The molecule has 1 saturated carbocycles. The third-order valence-electron chi connectivity index (χ3n) is 12.0. The zero-order chi connectivity index (χ0) is 39.0. The lowest BCUT2D eigenvalue weighted by molar-refractivity contribution is -0.155. The van der Waals surface area contributed by atoms with Crippen molar-refractivity contribution in [2.24, 2.45) is 28.2 Å². The number of fused-ring (bicyclic) bond motifs is 5. The molecule has 2 amide bonds. The summed E-state index contributed by atoms with van der Waals surface area (Å²) in [5, 5.41) is 9.91. The van der Waals surface area contributed by atoms with E-state index in [2.05, 4.69) is 72.6 Å². The highest BCUT2D eigenvalue weighted by Crippen LogP contribution is 2.46. The summed E-state index contributed by atoms with van der Waals surface area (Å²) in [4.78, 5) is 51.3. The van der Waals surface area contributed by atoms with Crippen molar-refractivity contribution >= 4 is 45.5 Å². The number of ether oxygens (including phenoxy) is 2. The molecule has 0 radical (unpaired) electrons. The number of nitrogens with zero attached hydrogens (tertiary/aromatic N) is 4. The number of hydrazine groups is 1. The van der Waals surface area contributed by atoms with Gasteiger partial charge in [0.25, 0.3) is 5.91 Å². The van der Waals surface area contributed by atoms with Crippen molar-refractivity contribution < 1.29 is 23.9 Å². The lowest BCUT2D eigenvalue weighted by Gasteiger charge is -2.35. The second-order valence-electron chi connectivity index (χ2n) is 16.6. The molecule has 12 nitrogen and oxygen atoms in total. The van der Waals surface area contributed by atoms with Gasteiger partial charge in [0.2, 0.25) is 5.91 Å². The molecule has 13 heteroatoms. The predicted octanol–water partition coefficient (Wildman–Crippen LogP) is 5.60. The molecule has 5 heterocycles. The maximum atomic E-state index is 14.2. The number of aryl methyl sites for hydroxylation is 1. The van der Waals surface area contributed by atoms with Crippen molar-refractivity contribution in [1.82, 2.24) is 30.6 Å². The van der Waals surface area contributed by atoms with Gasteiger partial charge in [-0.3, -0.25) is 29.4 Å². The molecule has 0 spiro atoms. The lowest BCUT2D eigenvalue weighted by Crippen LogP contribution is -2.60. The highest BCUT2D eigenvalue weighted by molar-refractivity contribution is 8.14. The third-order valence-corrected chi connectivity index (χ3v) is 13.1. The minimum atomic E-state index is -0.802. The Morgan fingerprint density at radius 1 is 1.20 bits per heavy atom. The predicted molar refractivity (Wildman–Crippen MR) is 216 cm³/mol. The van der Waals surface area contributed by atoms with E-state index in [1.54, 1.807) is 18.9 Å². The first-order chi connectivity index (χ1) is 26.4. The topological polar surface area (TPSA) is 139 Å². The Kier molecular flexibility index (Phi) is 11.7. The molecule has 4 aliphatic rings. The number of amides is 2. The normalized spacial score (nSPS) is 27.3. The highest BCUT2D eigenvalue weighted by Gasteiger charge is 2.49. The molecule has 296 valence electrons. The van der Waals surface area contributed by atoms with Gasteiger partial charge in [-0.1, -0.05) is 33.8 Å². The molecular weight excluding hydrogens is 715 g/mol. The van der Waals surface area contributed by atoms with Crippen LogP contribution in [-0.2, 0) is 36.8 Å². The summed E-state index contributed by atoms with van der Waals surface area (Å²) >= 11 is 1.65. The monoisotopic (exact) mass is 771 g/mol. The maximum absolute atomic E-state index is 14.2. The van der Waals surface area contributed by atoms with E-state index in [1.807, 2.05) is 26.2 Å². The number of hydrogen-bond donors (Lipinski definition) is 3. The van der Waals surface area contributed by atoms with Crippen LogP contribution in [0.15, 0.2) is 41.5 Å². The summed E-state index contributed by atoms with van der Waals surface area (Å²) in [5.41, 5.74) is 9.15. The first-order valence-electron chi connectivity index (χ1n) is 19.9. The largest absolute Gasteiger partial charge is 0.464 e. The number of thioether (sulfide) groups is 1. The summed E-state index contributed by atoms with van der Waals surface area (Å²) in [6.45, 7) is 12.8. The summed E-state index contributed by atoms with van der Waals surface area (Å²) in [7, 11) is 3.69. The fraction of sp³-hybridized carbons (Fsp3) is 0.595. The number of aliphatic imine (C=N–C) groups is 1. The van der Waals surface area contributed by atoms with E-state index in [0.717, 1.165) is 63.7 Å². The van der Waals surface area contributed by atoms with Crippen molar-refractivity contribution in [3.63, 3.8) is 0 Å². The van der Waals surface area contributed by atoms with Gasteiger partial charge in [-0.15, -0.1) is 11.8 Å². The second-order valence-corrected chi connectivity index (χ2v) is 17.7. The Bertz CT molecular complexity index is 1950. The average Bonchev–Trinajstić information content (AvgIpc) is 3.45. The van der Waals surface area contributed by atoms with Crippen molar-refractivity contribution in [3.8, 4) is 11.3 Å². The van der Waals surface area contributed by atoms with E-state index in [0.29, 0.717) is 32.2 Å². The van der Waals surface area contributed by atoms with E-state index in [-0.39, 0.29) is 54.3 Å². The first kappa shape index (κ1) is 39.5. The third kappa shape index (κ3) is 8.22. The number of pyridine rings is 1. The van der Waals surface area contributed by atoms with Crippen LogP contribution in [-0.4, -0.2) is 89.1 Å². The van der Waals surface area contributed by atoms with Gasteiger partial charge in [0.05, 0.1) is 35.2 Å². The van der Waals surface area contributed by atoms with Crippen molar-refractivity contribution in [1.29, 1.82) is 0 Å². The molecule has 55 heavy (non-hydrogen) atoms. The van der Waals surface area contributed by atoms with Gasteiger partial charge in [-0.05, 0) is 93.4 Å². The highest BCUT2D eigenvalue weighted by atomic mass is 32.2. The van der Waals surface area contributed by atoms with Crippen LogP contribution >= 0.6 is 11.8 Å². The van der Waals surface area contributed by atoms with Gasteiger partial charge < -0.3 is 24.7 Å². The number of hydrogen-bond acceptors (Lipinski definition) is 10. The molecule has 3 aliphatic heterocycles. The number of carbonyl (C=O) groups is 3. The van der Waals surface area contributed by atoms with Gasteiger partial charge in [0, 0.05) is 66.4 Å². The Balaban J connectivity index is 1.35. The molecule has 3 N–H and O–H groups in total. The fourth-order valence-corrected chi connectivity index (χ4v) is 9.63. The van der Waals surface area contributed by atoms with E-state index in [4.69, 9.17) is 19.5 Å². The van der Waals surface area contributed by atoms with Crippen molar-refractivity contribution in [3.05, 3.63) is 53.3 Å². The van der Waals surface area contributed by atoms with Crippen LogP contribution in [0, 0.1) is 23.2 Å². The number of rotatable bonds is 9. The Hall–Kier alpha value is -3.78. The molecule has 3 aromatic rings. The van der Waals surface area contributed by atoms with Crippen LogP contribution in [0.5, 0.6) is 0 Å². The molecule has 2 aromatic heterocycles. The summed E-state index contributed by atoms with van der Waals surface area (Å²) < 4.78 is 14.4. The average molecular weight is 772 g/mol. The van der Waals surface area contributed by atoms with Crippen LogP contribution in [0.2, 0.25) is 0 Å². The standard InChI is InChI=1S/C42H57N7O5S/c1-24-25(2)36(24)39(50)46-32-20-35-45-33(22-55-35)27-13-14-34-29(19-27)30(21-42(4,5)23-54-41(52)31-12-9-18-49(47-31)40(32)51)38(48(34)17-10-15-43-6)28-11-8-16-44-37(28)26(3)53-7/h8,11,13-14,16,19,24-26,31-33,36,43,47H,9-10,12,15,17-18,20-23H2,1-7H3,(H,46,50)/t24-,25+,26-,31-,32-,33?,36?/m0/s1. The fourth-order valence-electron chi connectivity index (χ4n) is 8.52. The SMILES string of the molecule is CNCCCn1c(-c2cccnc2[C@H](C)OC)c2c3cc(ccc31)C1CSC(=N1)C[C@H](NC(=O)C1[C@@H](C)[C@H]1C)C(=O)N1CCC[C@H](N1)C(=O)OCC(C)(C)C2. The van der Waals surface area contributed by atoms with Crippen LogP contribution in [0.4, 0.5) is 0 Å². The first-order valence-corrected chi connectivity index (χ1v) is 20.9. The smallest absolute Gasteiger partial charge is 0.324 e. The molecule has 1 saturated heterocycles. The van der Waals surface area contributed by atoms with Crippen LogP contribution in [0.25, 0.3) is 22.2 Å². The van der Waals surface area contributed by atoms with Gasteiger partial charge in [-0.2, -0.15) is 0 Å². The number of nitrogens with one attached hydrogen (secondary N) is 3. The number of benzene rings is 1. The molecular formula is C42H57N7O5S. The van der Waals surface area contributed by atoms with E-state index >= 15 is 0 Å². The van der Waals surface area contributed by atoms with Crippen LogP contribution < -0.4 is 16.1 Å². The van der Waals surface area contributed by atoms with Crippen LogP contribution in [0.3, 0.4) is 0 Å². The second kappa shape index (κ2) is 16.4. The van der Waals surface area contributed by atoms with Crippen LogP contribution in [0.1, 0.15) is 89.3 Å². The quantitative estimate of drug-likeness (QED) is 0.187. The summed E-state index contributed by atoms with van der Waals surface area (Å²) in [5.74, 6) is 0.459. The van der Waals surface area contributed by atoms with Gasteiger partial charge in [0.1, 0.15) is 12.1 Å². The number of aromatic nitrogens is 2. The lowest BCUT2D eigenvalue weighted by atomic mass is 9.84. The van der Waals surface area contributed by atoms with E-state index < -0.39 is 17.5 Å². The summed E-state index contributed by atoms with van der Waals surface area (Å²) in [6.07, 6.45) is 4.65. The van der Waals surface area contributed by atoms with E-state index in [1.165, 1.54) is 10.6 Å². The number of esters is 1. The Morgan fingerprint density at radius 2 is 2.00 bits per heavy atom. The molecule has 7 rings (SSSR count). The number of cyclic esters (lactones) is 1. The Morgan fingerprint density at radius 3 is 2.75 bits per heavy atom.